The Labute approximate surface area is 114 Å². The van der Waals surface area contributed by atoms with Crippen LogP contribution >= 0.6 is 0 Å². The standard InChI is InChI=1S/C15H22N2O2/c1-2-19-15(18)8-10-17-14-7-9-16-11-12-5-3-4-6-13(12)14/h3-6,14,16-17H,2,7-11H2,1H3. The summed E-state index contributed by atoms with van der Waals surface area (Å²) in [6.45, 7) is 4.86. The van der Waals surface area contributed by atoms with Gasteiger partial charge in [-0.3, -0.25) is 4.79 Å². The third kappa shape index (κ3) is 4.04. The monoisotopic (exact) mass is 262 g/mol. The number of hydrogen-bond acceptors (Lipinski definition) is 4. The third-order valence-corrected chi connectivity index (χ3v) is 3.38. The first-order chi connectivity index (χ1) is 9.31. The lowest BCUT2D eigenvalue weighted by Crippen LogP contribution is -2.26. The minimum Gasteiger partial charge on any atom is -0.466 e. The zero-order valence-electron chi connectivity index (χ0n) is 11.4. The van der Waals surface area contributed by atoms with Crippen LogP contribution in [0.4, 0.5) is 0 Å². The number of nitrogens with one attached hydrogen (secondary N) is 2. The van der Waals surface area contributed by atoms with Gasteiger partial charge < -0.3 is 15.4 Å². The Morgan fingerprint density at radius 1 is 1.47 bits per heavy atom. The van der Waals surface area contributed by atoms with E-state index in [4.69, 9.17) is 4.74 Å². The van der Waals surface area contributed by atoms with Gasteiger partial charge in [0.2, 0.25) is 0 Å². The van der Waals surface area contributed by atoms with E-state index in [0.717, 1.165) is 19.5 Å². The number of ether oxygens (including phenoxy) is 1. The molecule has 104 valence electrons. The predicted octanol–water partition coefficient (Wildman–Crippen LogP) is 1.76. The maximum atomic E-state index is 11.3. The molecule has 19 heavy (non-hydrogen) atoms. The van der Waals surface area contributed by atoms with E-state index >= 15 is 0 Å². The van der Waals surface area contributed by atoms with E-state index < -0.39 is 0 Å². The molecule has 0 spiro atoms. The van der Waals surface area contributed by atoms with Crippen LogP contribution in [0.25, 0.3) is 0 Å². The van der Waals surface area contributed by atoms with E-state index in [-0.39, 0.29) is 5.97 Å². The van der Waals surface area contributed by atoms with Gasteiger partial charge in [0.1, 0.15) is 0 Å². The Bertz CT molecular complexity index is 420. The highest BCUT2D eigenvalue weighted by molar-refractivity contribution is 5.69. The van der Waals surface area contributed by atoms with Crippen molar-refractivity contribution in [3.8, 4) is 0 Å². The van der Waals surface area contributed by atoms with Crippen LogP contribution in [0.5, 0.6) is 0 Å². The SMILES string of the molecule is CCOC(=O)CCNC1CCNCc2ccccc21. The maximum Gasteiger partial charge on any atom is 0.307 e. The molecule has 1 aliphatic rings. The Hall–Kier alpha value is -1.39. The average molecular weight is 262 g/mol. The summed E-state index contributed by atoms with van der Waals surface area (Å²) in [5, 5.41) is 6.89. The van der Waals surface area contributed by atoms with Crippen molar-refractivity contribution in [1.82, 2.24) is 10.6 Å². The molecule has 1 aromatic carbocycles. The molecule has 2 N–H and O–H groups in total. The minimum absolute atomic E-state index is 0.130. The smallest absolute Gasteiger partial charge is 0.307 e. The molecule has 0 radical (unpaired) electrons. The number of carbonyl (C=O) groups is 1. The molecule has 1 aliphatic heterocycles. The molecule has 0 saturated heterocycles. The number of carbonyl (C=O) groups excluding carboxylic acids is 1. The van der Waals surface area contributed by atoms with Crippen LogP contribution in [0.1, 0.15) is 36.9 Å². The summed E-state index contributed by atoms with van der Waals surface area (Å²) in [5.41, 5.74) is 2.69. The molecule has 4 nitrogen and oxygen atoms in total. The van der Waals surface area contributed by atoms with E-state index in [1.807, 2.05) is 6.92 Å². The molecule has 0 bridgehead atoms. The summed E-state index contributed by atoms with van der Waals surface area (Å²) in [7, 11) is 0. The number of fused-ring (bicyclic) bond motifs is 1. The van der Waals surface area contributed by atoms with Gasteiger partial charge in [-0.1, -0.05) is 24.3 Å². The second-order valence-electron chi connectivity index (χ2n) is 4.73. The van der Waals surface area contributed by atoms with E-state index in [1.54, 1.807) is 0 Å². The van der Waals surface area contributed by atoms with E-state index in [9.17, 15) is 4.79 Å². The van der Waals surface area contributed by atoms with Crippen molar-refractivity contribution in [2.75, 3.05) is 19.7 Å². The fourth-order valence-corrected chi connectivity index (χ4v) is 2.45. The highest BCUT2D eigenvalue weighted by Gasteiger charge is 2.17. The summed E-state index contributed by atoms with van der Waals surface area (Å²) in [6.07, 6.45) is 1.47. The number of hydrogen-bond donors (Lipinski definition) is 2. The van der Waals surface area contributed by atoms with Crippen LogP contribution in [0.2, 0.25) is 0 Å². The van der Waals surface area contributed by atoms with E-state index in [2.05, 4.69) is 34.9 Å². The van der Waals surface area contributed by atoms with Crippen LogP contribution in [0, 0.1) is 0 Å². The van der Waals surface area contributed by atoms with Gasteiger partial charge >= 0.3 is 5.97 Å². The second-order valence-corrected chi connectivity index (χ2v) is 4.73. The van der Waals surface area contributed by atoms with Gasteiger partial charge in [0, 0.05) is 19.1 Å². The predicted molar refractivity (Wildman–Crippen MR) is 74.8 cm³/mol. The summed E-state index contributed by atoms with van der Waals surface area (Å²) in [5.74, 6) is -0.130. The Balaban J connectivity index is 1.91. The Morgan fingerprint density at radius 2 is 2.32 bits per heavy atom. The molecule has 2 rings (SSSR count). The zero-order chi connectivity index (χ0) is 13.5. The highest BCUT2D eigenvalue weighted by Crippen LogP contribution is 2.23. The lowest BCUT2D eigenvalue weighted by molar-refractivity contribution is -0.143. The van der Waals surface area contributed by atoms with Gasteiger partial charge in [-0.25, -0.2) is 0 Å². The third-order valence-electron chi connectivity index (χ3n) is 3.38. The molecule has 0 aliphatic carbocycles. The van der Waals surface area contributed by atoms with Crippen molar-refractivity contribution < 1.29 is 9.53 Å². The van der Waals surface area contributed by atoms with Gasteiger partial charge in [-0.05, 0) is 31.0 Å². The molecule has 0 saturated carbocycles. The second kappa shape index (κ2) is 7.26. The first kappa shape index (κ1) is 14.0. The maximum absolute atomic E-state index is 11.3. The summed E-state index contributed by atoms with van der Waals surface area (Å²) >= 11 is 0. The number of benzene rings is 1. The fraction of sp³-hybridized carbons (Fsp3) is 0.533. The number of esters is 1. The molecular formula is C15H22N2O2. The Kier molecular flexibility index (Phi) is 5.36. The van der Waals surface area contributed by atoms with Crippen LogP contribution in [0.15, 0.2) is 24.3 Å². The molecule has 4 heteroatoms. The van der Waals surface area contributed by atoms with Gasteiger partial charge in [0.15, 0.2) is 0 Å². The van der Waals surface area contributed by atoms with E-state index in [1.165, 1.54) is 11.1 Å². The highest BCUT2D eigenvalue weighted by atomic mass is 16.5. The van der Waals surface area contributed by atoms with Gasteiger partial charge in [0.25, 0.3) is 0 Å². The molecule has 0 fully saturated rings. The molecule has 1 unspecified atom stereocenters. The Morgan fingerprint density at radius 3 is 3.16 bits per heavy atom. The largest absolute Gasteiger partial charge is 0.466 e. The average Bonchev–Trinajstić information content (AvgIpc) is 2.62. The van der Waals surface area contributed by atoms with Gasteiger partial charge in [-0.2, -0.15) is 0 Å². The van der Waals surface area contributed by atoms with Crippen LogP contribution in [-0.2, 0) is 16.1 Å². The molecule has 1 heterocycles. The first-order valence-electron chi connectivity index (χ1n) is 6.98. The summed E-state index contributed by atoms with van der Waals surface area (Å²) < 4.78 is 4.93. The molecule has 1 atom stereocenters. The van der Waals surface area contributed by atoms with Crippen molar-refractivity contribution in [3.63, 3.8) is 0 Å². The summed E-state index contributed by atoms with van der Waals surface area (Å²) in [6, 6.07) is 8.80. The quantitative estimate of drug-likeness (QED) is 0.794. The van der Waals surface area contributed by atoms with Crippen LogP contribution < -0.4 is 10.6 Å². The van der Waals surface area contributed by atoms with Crippen LogP contribution in [0.3, 0.4) is 0 Å². The molecule has 0 aromatic heterocycles. The minimum atomic E-state index is -0.130. The van der Waals surface area contributed by atoms with Gasteiger partial charge in [0.05, 0.1) is 13.0 Å². The van der Waals surface area contributed by atoms with Crippen LogP contribution in [-0.4, -0.2) is 25.7 Å². The summed E-state index contributed by atoms with van der Waals surface area (Å²) in [4.78, 5) is 11.3. The fourth-order valence-electron chi connectivity index (χ4n) is 2.45. The van der Waals surface area contributed by atoms with Crippen molar-refractivity contribution in [3.05, 3.63) is 35.4 Å². The van der Waals surface area contributed by atoms with Gasteiger partial charge in [-0.15, -0.1) is 0 Å². The molecule has 0 amide bonds. The van der Waals surface area contributed by atoms with Crippen molar-refractivity contribution in [1.29, 1.82) is 0 Å². The lowest BCUT2D eigenvalue weighted by atomic mass is 9.99. The van der Waals surface area contributed by atoms with E-state index in [0.29, 0.717) is 25.6 Å². The van der Waals surface area contributed by atoms with Crippen molar-refractivity contribution in [2.24, 2.45) is 0 Å². The first-order valence-corrected chi connectivity index (χ1v) is 6.98. The van der Waals surface area contributed by atoms with Crippen molar-refractivity contribution in [2.45, 2.75) is 32.4 Å². The zero-order valence-corrected chi connectivity index (χ0v) is 11.4. The molecular weight excluding hydrogens is 240 g/mol. The normalized spacial score (nSPS) is 18.5. The molecule has 1 aromatic rings. The topological polar surface area (TPSA) is 50.4 Å². The lowest BCUT2D eigenvalue weighted by Gasteiger charge is -2.18. The number of rotatable bonds is 5. The van der Waals surface area contributed by atoms with Crippen molar-refractivity contribution >= 4 is 5.97 Å².